The minimum atomic E-state index is -4.82. The Morgan fingerprint density at radius 2 is 1.82 bits per heavy atom. The number of halogens is 3. The molecule has 0 saturated heterocycles. The van der Waals surface area contributed by atoms with Crippen LogP contribution in [0.2, 0.25) is 0 Å². The smallest absolute Gasteiger partial charge is 0.278 e. The lowest BCUT2D eigenvalue weighted by Crippen LogP contribution is -2.09. The zero-order valence-corrected chi connectivity index (χ0v) is 11.0. The molecule has 0 heterocycles. The second kappa shape index (κ2) is 6.25. The van der Waals surface area contributed by atoms with Gasteiger partial charge in [0, 0.05) is 6.07 Å². The third-order valence-corrected chi connectivity index (χ3v) is 2.71. The Bertz CT molecular complexity index is 700. The van der Waals surface area contributed by atoms with Crippen LogP contribution >= 0.6 is 0 Å². The number of benzene rings is 2. The summed E-state index contributed by atoms with van der Waals surface area (Å²) in [6.45, 7) is 0. The van der Waals surface area contributed by atoms with Gasteiger partial charge in [-0.15, -0.1) is 0 Å². The van der Waals surface area contributed by atoms with Crippen LogP contribution in [-0.4, -0.2) is 11.1 Å². The van der Waals surface area contributed by atoms with Crippen molar-refractivity contribution in [3.63, 3.8) is 0 Å². The first kappa shape index (κ1) is 15.5. The van der Waals surface area contributed by atoms with Gasteiger partial charge in [-0.05, 0) is 17.7 Å². The maximum absolute atomic E-state index is 12.8. The first-order chi connectivity index (χ1) is 10.4. The SMILES string of the molecule is O=[N+]([O-])c1ccc(N/N=C/c2ccccc2)cc1C(F)(F)F. The lowest BCUT2D eigenvalue weighted by molar-refractivity contribution is -0.388. The molecule has 114 valence electrons. The summed E-state index contributed by atoms with van der Waals surface area (Å²) in [5, 5.41) is 14.4. The molecule has 0 amide bonds. The van der Waals surface area contributed by atoms with Crippen molar-refractivity contribution in [1.29, 1.82) is 0 Å². The fourth-order valence-corrected chi connectivity index (χ4v) is 1.71. The van der Waals surface area contributed by atoms with Crippen molar-refractivity contribution in [2.45, 2.75) is 6.18 Å². The molecule has 8 heteroatoms. The van der Waals surface area contributed by atoms with E-state index >= 15 is 0 Å². The quantitative estimate of drug-likeness (QED) is 0.526. The number of hydrogen-bond acceptors (Lipinski definition) is 4. The van der Waals surface area contributed by atoms with Crippen LogP contribution in [0.1, 0.15) is 11.1 Å². The highest BCUT2D eigenvalue weighted by Gasteiger charge is 2.38. The molecule has 0 bridgehead atoms. The Balaban J connectivity index is 2.22. The van der Waals surface area contributed by atoms with E-state index < -0.39 is 22.4 Å². The number of nitrogens with zero attached hydrogens (tertiary/aromatic N) is 2. The topological polar surface area (TPSA) is 67.5 Å². The number of nitrogens with one attached hydrogen (secondary N) is 1. The summed E-state index contributed by atoms with van der Waals surface area (Å²) in [6.07, 6.45) is -3.39. The third-order valence-electron chi connectivity index (χ3n) is 2.71. The largest absolute Gasteiger partial charge is 0.423 e. The summed E-state index contributed by atoms with van der Waals surface area (Å²) in [7, 11) is 0. The van der Waals surface area contributed by atoms with E-state index in [2.05, 4.69) is 10.5 Å². The Hall–Kier alpha value is -2.90. The average Bonchev–Trinajstić information content (AvgIpc) is 2.47. The predicted molar refractivity (Wildman–Crippen MR) is 75.8 cm³/mol. The molecule has 0 unspecified atom stereocenters. The molecule has 2 aromatic rings. The lowest BCUT2D eigenvalue weighted by Gasteiger charge is -2.09. The van der Waals surface area contributed by atoms with Crippen LogP contribution in [0.25, 0.3) is 0 Å². The van der Waals surface area contributed by atoms with Crippen molar-refractivity contribution in [1.82, 2.24) is 0 Å². The summed E-state index contributed by atoms with van der Waals surface area (Å²) in [5.41, 5.74) is 0.864. The van der Waals surface area contributed by atoms with Crippen molar-refractivity contribution >= 4 is 17.6 Å². The van der Waals surface area contributed by atoms with Gasteiger partial charge in [-0.3, -0.25) is 15.5 Å². The van der Waals surface area contributed by atoms with Crippen molar-refractivity contribution in [3.05, 3.63) is 69.8 Å². The normalized spacial score (nSPS) is 11.6. The number of anilines is 1. The monoisotopic (exact) mass is 309 g/mol. The molecule has 0 aromatic heterocycles. The van der Waals surface area contributed by atoms with Gasteiger partial charge in [0.05, 0.1) is 16.8 Å². The molecular weight excluding hydrogens is 299 g/mol. The van der Waals surface area contributed by atoms with E-state index in [-0.39, 0.29) is 5.69 Å². The van der Waals surface area contributed by atoms with Crippen LogP contribution in [0.15, 0.2) is 53.6 Å². The Labute approximate surface area is 123 Å². The molecular formula is C14H10F3N3O2. The first-order valence-corrected chi connectivity index (χ1v) is 6.07. The second-order valence-corrected chi connectivity index (χ2v) is 4.27. The third kappa shape index (κ3) is 3.81. The number of rotatable bonds is 4. The number of nitro groups is 1. The minimum absolute atomic E-state index is 0.00473. The van der Waals surface area contributed by atoms with Gasteiger partial charge in [0.1, 0.15) is 5.56 Å². The number of nitro benzene ring substituents is 1. The summed E-state index contributed by atoms with van der Waals surface area (Å²) in [4.78, 5) is 9.56. The number of hydrazone groups is 1. The van der Waals surface area contributed by atoms with Gasteiger partial charge in [-0.1, -0.05) is 30.3 Å². The summed E-state index contributed by atoms with van der Waals surface area (Å²) in [6, 6.07) is 11.5. The lowest BCUT2D eigenvalue weighted by atomic mass is 10.1. The molecule has 0 fully saturated rings. The maximum Gasteiger partial charge on any atom is 0.423 e. The van der Waals surface area contributed by atoms with Gasteiger partial charge in [0.25, 0.3) is 5.69 Å². The molecule has 0 spiro atoms. The molecule has 0 atom stereocenters. The van der Waals surface area contributed by atoms with Crippen LogP contribution in [0, 0.1) is 10.1 Å². The van der Waals surface area contributed by atoms with E-state index in [1.54, 1.807) is 24.3 Å². The molecule has 1 N–H and O–H groups in total. The second-order valence-electron chi connectivity index (χ2n) is 4.27. The summed E-state index contributed by atoms with van der Waals surface area (Å²) < 4.78 is 38.4. The molecule has 2 aromatic carbocycles. The van der Waals surface area contributed by atoms with Gasteiger partial charge >= 0.3 is 6.18 Å². The number of hydrogen-bond donors (Lipinski definition) is 1. The Kier molecular flexibility index (Phi) is 4.40. The zero-order chi connectivity index (χ0) is 16.2. The van der Waals surface area contributed by atoms with Crippen molar-refractivity contribution < 1.29 is 18.1 Å². The van der Waals surface area contributed by atoms with Crippen LogP contribution in [0.4, 0.5) is 24.5 Å². The van der Waals surface area contributed by atoms with Gasteiger partial charge in [-0.25, -0.2) is 0 Å². The van der Waals surface area contributed by atoms with Crippen molar-refractivity contribution in [3.8, 4) is 0 Å². The highest BCUT2D eigenvalue weighted by molar-refractivity contribution is 5.80. The molecule has 0 saturated carbocycles. The van der Waals surface area contributed by atoms with Crippen LogP contribution in [0.3, 0.4) is 0 Å². The minimum Gasteiger partial charge on any atom is -0.278 e. The fourth-order valence-electron chi connectivity index (χ4n) is 1.71. The van der Waals surface area contributed by atoms with Crippen molar-refractivity contribution in [2.75, 3.05) is 5.43 Å². The maximum atomic E-state index is 12.8. The van der Waals surface area contributed by atoms with Gasteiger partial charge < -0.3 is 0 Å². The van der Waals surface area contributed by atoms with E-state index in [1.165, 1.54) is 6.21 Å². The van der Waals surface area contributed by atoms with Gasteiger partial charge in [-0.2, -0.15) is 18.3 Å². The van der Waals surface area contributed by atoms with Crippen molar-refractivity contribution in [2.24, 2.45) is 5.10 Å². The highest BCUT2D eigenvalue weighted by atomic mass is 19.4. The predicted octanol–water partition coefficient (Wildman–Crippen LogP) is 4.06. The van der Waals surface area contributed by atoms with Crippen LogP contribution in [0.5, 0.6) is 0 Å². The standard InChI is InChI=1S/C14H10F3N3O2/c15-14(16,17)12-8-11(6-7-13(12)20(21)22)19-18-9-10-4-2-1-3-5-10/h1-9,19H/b18-9+. The molecule has 5 nitrogen and oxygen atoms in total. The fraction of sp³-hybridized carbons (Fsp3) is 0.0714. The van der Waals surface area contributed by atoms with Crippen LogP contribution < -0.4 is 5.43 Å². The molecule has 0 radical (unpaired) electrons. The van der Waals surface area contributed by atoms with Gasteiger partial charge in [0.15, 0.2) is 0 Å². The average molecular weight is 309 g/mol. The molecule has 0 aliphatic rings. The number of alkyl halides is 3. The van der Waals surface area contributed by atoms with E-state index in [4.69, 9.17) is 0 Å². The van der Waals surface area contributed by atoms with E-state index in [9.17, 15) is 23.3 Å². The summed E-state index contributed by atoms with van der Waals surface area (Å²) in [5.74, 6) is 0. The molecule has 22 heavy (non-hydrogen) atoms. The highest BCUT2D eigenvalue weighted by Crippen LogP contribution is 2.37. The van der Waals surface area contributed by atoms with Gasteiger partial charge in [0.2, 0.25) is 0 Å². The molecule has 0 aliphatic carbocycles. The summed E-state index contributed by atoms with van der Waals surface area (Å²) >= 11 is 0. The van der Waals surface area contributed by atoms with E-state index in [0.717, 1.165) is 17.7 Å². The van der Waals surface area contributed by atoms with Crippen LogP contribution in [-0.2, 0) is 6.18 Å². The zero-order valence-electron chi connectivity index (χ0n) is 11.0. The molecule has 2 rings (SSSR count). The van der Waals surface area contributed by atoms with E-state index in [0.29, 0.717) is 6.07 Å². The Morgan fingerprint density at radius 3 is 2.41 bits per heavy atom. The van der Waals surface area contributed by atoms with E-state index in [1.807, 2.05) is 6.07 Å². The Morgan fingerprint density at radius 1 is 1.14 bits per heavy atom. The molecule has 0 aliphatic heterocycles. The first-order valence-electron chi connectivity index (χ1n) is 6.07.